The van der Waals surface area contributed by atoms with Crippen molar-refractivity contribution in [2.24, 2.45) is 0 Å². The summed E-state index contributed by atoms with van der Waals surface area (Å²) >= 11 is 1.60. The van der Waals surface area contributed by atoms with Crippen molar-refractivity contribution >= 4 is 29.0 Å². The third kappa shape index (κ3) is 6.70. The van der Waals surface area contributed by atoms with Crippen molar-refractivity contribution in [3.63, 3.8) is 0 Å². The summed E-state index contributed by atoms with van der Waals surface area (Å²) in [6, 6.07) is 11.4. The first kappa shape index (κ1) is 17.3. The second-order valence-electron chi connectivity index (χ2n) is 5.27. The Bertz CT molecular complexity index is 603. The molecule has 1 amide bonds. The van der Waals surface area contributed by atoms with E-state index in [1.807, 2.05) is 47.9 Å². The first-order valence-electron chi connectivity index (χ1n) is 8.03. The van der Waals surface area contributed by atoms with Gasteiger partial charge in [-0.1, -0.05) is 32.3 Å². The van der Waals surface area contributed by atoms with Crippen LogP contribution in [0.2, 0.25) is 0 Å². The molecule has 1 aromatic heterocycles. The maximum atomic E-state index is 11.8. The van der Waals surface area contributed by atoms with Gasteiger partial charge in [-0.15, -0.1) is 11.3 Å². The van der Waals surface area contributed by atoms with Gasteiger partial charge in [0, 0.05) is 16.6 Å². The number of hydrogen-bond donors (Lipinski definition) is 1. The molecule has 0 fully saturated rings. The van der Waals surface area contributed by atoms with Crippen LogP contribution >= 0.6 is 11.3 Å². The number of benzene rings is 1. The van der Waals surface area contributed by atoms with E-state index in [0.29, 0.717) is 0 Å². The number of amides is 1. The number of carbonyl (C=O) groups excluding carboxylic acids is 1. The molecule has 2 aromatic rings. The molecule has 0 bridgehead atoms. The lowest BCUT2D eigenvalue weighted by Gasteiger charge is -2.07. The van der Waals surface area contributed by atoms with Gasteiger partial charge in [0.1, 0.15) is 5.75 Å². The van der Waals surface area contributed by atoms with Crippen LogP contribution in [0.25, 0.3) is 6.08 Å². The Balaban J connectivity index is 1.74. The number of thiophene rings is 1. The van der Waals surface area contributed by atoms with Crippen molar-refractivity contribution in [1.29, 1.82) is 0 Å². The fourth-order valence-corrected chi connectivity index (χ4v) is 2.70. The molecule has 122 valence electrons. The number of hydrogen-bond acceptors (Lipinski definition) is 3. The predicted molar refractivity (Wildman–Crippen MR) is 98.1 cm³/mol. The first-order valence-corrected chi connectivity index (χ1v) is 8.91. The van der Waals surface area contributed by atoms with E-state index in [1.54, 1.807) is 17.4 Å². The topological polar surface area (TPSA) is 38.3 Å². The maximum absolute atomic E-state index is 11.8. The normalized spacial score (nSPS) is 10.8. The van der Waals surface area contributed by atoms with Gasteiger partial charge in [-0.2, -0.15) is 0 Å². The van der Waals surface area contributed by atoms with Crippen LogP contribution in [0.4, 0.5) is 5.69 Å². The molecule has 2 rings (SSSR count). The highest BCUT2D eigenvalue weighted by molar-refractivity contribution is 7.10. The Kier molecular flexibility index (Phi) is 7.40. The Morgan fingerprint density at radius 3 is 2.70 bits per heavy atom. The Morgan fingerprint density at radius 1 is 1.17 bits per heavy atom. The summed E-state index contributed by atoms with van der Waals surface area (Å²) in [5.41, 5.74) is 0.768. The van der Waals surface area contributed by atoms with Crippen molar-refractivity contribution in [2.45, 2.75) is 32.6 Å². The molecule has 0 aliphatic heterocycles. The molecule has 0 aliphatic rings. The van der Waals surface area contributed by atoms with Gasteiger partial charge in [-0.3, -0.25) is 4.79 Å². The first-order chi connectivity index (χ1) is 11.3. The number of rotatable bonds is 9. The van der Waals surface area contributed by atoms with E-state index >= 15 is 0 Å². The van der Waals surface area contributed by atoms with E-state index in [2.05, 4.69) is 12.2 Å². The standard InChI is InChI=1S/C19H23NO2S/c1-2-3-4-5-14-22-17-10-8-16(9-11-17)20-19(21)13-12-18-7-6-15-23-18/h6-13,15H,2-5,14H2,1H3,(H,20,21)/b13-12+. The highest BCUT2D eigenvalue weighted by atomic mass is 32.1. The van der Waals surface area contributed by atoms with Crippen LogP contribution in [0.3, 0.4) is 0 Å². The van der Waals surface area contributed by atoms with Crippen LogP contribution in [-0.4, -0.2) is 12.5 Å². The molecule has 0 saturated heterocycles. The molecule has 0 atom stereocenters. The second kappa shape index (κ2) is 9.85. The third-order valence-electron chi connectivity index (χ3n) is 3.33. The van der Waals surface area contributed by atoms with Gasteiger partial charge in [0.05, 0.1) is 6.61 Å². The van der Waals surface area contributed by atoms with Crippen LogP contribution in [-0.2, 0) is 4.79 Å². The molecular weight excluding hydrogens is 306 g/mol. The number of ether oxygens (including phenoxy) is 1. The zero-order valence-corrected chi connectivity index (χ0v) is 14.3. The van der Waals surface area contributed by atoms with Crippen molar-refractivity contribution in [1.82, 2.24) is 0 Å². The van der Waals surface area contributed by atoms with Gasteiger partial charge in [-0.25, -0.2) is 0 Å². The van der Waals surface area contributed by atoms with Crippen molar-refractivity contribution in [3.8, 4) is 5.75 Å². The van der Waals surface area contributed by atoms with Crippen LogP contribution in [0, 0.1) is 0 Å². The third-order valence-corrected chi connectivity index (χ3v) is 4.17. The fraction of sp³-hybridized carbons (Fsp3) is 0.316. The Labute approximate surface area is 142 Å². The fourth-order valence-electron chi connectivity index (χ4n) is 2.08. The van der Waals surface area contributed by atoms with Gasteiger partial charge >= 0.3 is 0 Å². The summed E-state index contributed by atoms with van der Waals surface area (Å²) in [7, 11) is 0. The molecule has 1 N–H and O–H groups in total. The lowest BCUT2D eigenvalue weighted by molar-refractivity contribution is -0.111. The number of nitrogens with one attached hydrogen (secondary N) is 1. The van der Waals surface area contributed by atoms with Crippen LogP contribution in [0.15, 0.2) is 47.9 Å². The van der Waals surface area contributed by atoms with Crippen LogP contribution < -0.4 is 10.1 Å². The molecule has 1 heterocycles. The summed E-state index contributed by atoms with van der Waals surface area (Å²) in [4.78, 5) is 12.9. The van der Waals surface area contributed by atoms with Gasteiger partial charge in [0.25, 0.3) is 0 Å². The number of anilines is 1. The van der Waals surface area contributed by atoms with Crippen molar-refractivity contribution in [3.05, 3.63) is 52.7 Å². The number of carbonyl (C=O) groups is 1. The molecule has 0 spiro atoms. The Hall–Kier alpha value is -2.07. The van der Waals surface area contributed by atoms with Crippen LogP contribution in [0.5, 0.6) is 5.75 Å². The minimum absolute atomic E-state index is 0.133. The smallest absolute Gasteiger partial charge is 0.248 e. The molecule has 3 nitrogen and oxygen atoms in total. The SMILES string of the molecule is CCCCCCOc1ccc(NC(=O)/C=C/c2cccs2)cc1. The molecular formula is C19H23NO2S. The average molecular weight is 329 g/mol. The largest absolute Gasteiger partial charge is 0.494 e. The minimum atomic E-state index is -0.133. The predicted octanol–water partition coefficient (Wildman–Crippen LogP) is 5.36. The van der Waals surface area contributed by atoms with E-state index < -0.39 is 0 Å². The molecule has 0 saturated carbocycles. The maximum Gasteiger partial charge on any atom is 0.248 e. The van der Waals surface area contributed by atoms with Gasteiger partial charge in [-0.05, 0) is 48.2 Å². The van der Waals surface area contributed by atoms with Crippen molar-refractivity contribution < 1.29 is 9.53 Å². The monoisotopic (exact) mass is 329 g/mol. The van der Waals surface area contributed by atoms with Crippen molar-refractivity contribution in [2.75, 3.05) is 11.9 Å². The van der Waals surface area contributed by atoms with E-state index in [4.69, 9.17) is 4.74 Å². The highest BCUT2D eigenvalue weighted by Crippen LogP contribution is 2.16. The van der Waals surface area contributed by atoms with Crippen LogP contribution in [0.1, 0.15) is 37.5 Å². The molecule has 0 radical (unpaired) electrons. The molecule has 0 unspecified atom stereocenters. The molecule has 4 heteroatoms. The summed E-state index contributed by atoms with van der Waals surface area (Å²) in [6.07, 6.45) is 8.14. The van der Waals surface area contributed by atoms with E-state index in [0.717, 1.165) is 29.3 Å². The molecule has 23 heavy (non-hydrogen) atoms. The van der Waals surface area contributed by atoms with E-state index in [-0.39, 0.29) is 5.91 Å². The Morgan fingerprint density at radius 2 is 2.00 bits per heavy atom. The molecule has 1 aromatic carbocycles. The van der Waals surface area contributed by atoms with E-state index in [1.165, 1.54) is 19.3 Å². The zero-order valence-electron chi connectivity index (χ0n) is 13.5. The van der Waals surface area contributed by atoms with Gasteiger partial charge in [0.15, 0.2) is 0 Å². The summed E-state index contributed by atoms with van der Waals surface area (Å²) in [5.74, 6) is 0.709. The second-order valence-corrected chi connectivity index (χ2v) is 6.25. The lowest BCUT2D eigenvalue weighted by atomic mass is 10.2. The summed E-state index contributed by atoms with van der Waals surface area (Å²) in [5, 5.41) is 4.82. The highest BCUT2D eigenvalue weighted by Gasteiger charge is 1.99. The molecule has 0 aliphatic carbocycles. The quantitative estimate of drug-likeness (QED) is 0.497. The number of unbranched alkanes of at least 4 members (excludes halogenated alkanes) is 3. The lowest BCUT2D eigenvalue weighted by Crippen LogP contribution is -2.07. The van der Waals surface area contributed by atoms with E-state index in [9.17, 15) is 4.79 Å². The summed E-state index contributed by atoms with van der Waals surface area (Å²) < 4.78 is 5.68. The summed E-state index contributed by atoms with van der Waals surface area (Å²) in [6.45, 7) is 2.94. The van der Waals surface area contributed by atoms with Gasteiger partial charge in [0.2, 0.25) is 5.91 Å². The van der Waals surface area contributed by atoms with Gasteiger partial charge < -0.3 is 10.1 Å². The zero-order chi connectivity index (χ0) is 16.3. The minimum Gasteiger partial charge on any atom is -0.494 e. The average Bonchev–Trinajstić information content (AvgIpc) is 3.08.